The molecule has 26 heavy (non-hydrogen) atoms. The van der Waals surface area contributed by atoms with E-state index in [0.29, 0.717) is 24.2 Å². The summed E-state index contributed by atoms with van der Waals surface area (Å²) in [6.45, 7) is 5.99. The Balaban J connectivity index is 1.57. The van der Waals surface area contributed by atoms with Gasteiger partial charge in [-0.1, -0.05) is 13.8 Å². The number of rotatable bonds is 1. The number of amides is 2. The van der Waals surface area contributed by atoms with Gasteiger partial charge >= 0.3 is 5.97 Å². The van der Waals surface area contributed by atoms with Crippen molar-refractivity contribution >= 4 is 17.8 Å². The molecule has 4 fully saturated rings. The van der Waals surface area contributed by atoms with Crippen molar-refractivity contribution in [1.29, 1.82) is 0 Å². The maximum absolute atomic E-state index is 12.6. The summed E-state index contributed by atoms with van der Waals surface area (Å²) in [5, 5.41) is 2.58. The van der Waals surface area contributed by atoms with Gasteiger partial charge in [-0.3, -0.25) is 19.7 Å². The number of hydrogen-bond donors (Lipinski definition) is 1. The van der Waals surface area contributed by atoms with Gasteiger partial charge in [0.2, 0.25) is 11.8 Å². The molecule has 144 valence electrons. The van der Waals surface area contributed by atoms with Crippen molar-refractivity contribution in [3.05, 3.63) is 0 Å². The first-order chi connectivity index (χ1) is 12.2. The van der Waals surface area contributed by atoms with Crippen LogP contribution in [0, 0.1) is 34.5 Å². The van der Waals surface area contributed by atoms with Crippen LogP contribution in [-0.2, 0) is 19.1 Å². The lowest BCUT2D eigenvalue weighted by atomic mass is 9.44. The van der Waals surface area contributed by atoms with Crippen molar-refractivity contribution in [2.75, 3.05) is 0 Å². The molecule has 0 unspecified atom stereocenters. The molecule has 1 heterocycles. The molecule has 0 radical (unpaired) electrons. The minimum absolute atomic E-state index is 0.0527. The predicted molar refractivity (Wildman–Crippen MR) is 95.8 cm³/mol. The van der Waals surface area contributed by atoms with Gasteiger partial charge in [0.25, 0.3) is 0 Å². The number of ether oxygens (including phenoxy) is 1. The first kappa shape index (κ1) is 18.0. The SMILES string of the molecule is CC(=O)O[C@@H]1CC[C@@]2(C)[C@@H](CC[C@@H]3[C@H]2CC[C@]2(C)C(=O)NC(=O)C[C@H]32)C1. The highest BCUT2D eigenvalue weighted by molar-refractivity contribution is 6.01. The van der Waals surface area contributed by atoms with E-state index in [1.807, 2.05) is 0 Å². The van der Waals surface area contributed by atoms with Crippen LogP contribution < -0.4 is 5.32 Å². The van der Waals surface area contributed by atoms with Crippen LogP contribution in [-0.4, -0.2) is 23.9 Å². The Hall–Kier alpha value is -1.39. The Morgan fingerprint density at radius 2 is 1.85 bits per heavy atom. The molecule has 4 rings (SSSR count). The van der Waals surface area contributed by atoms with E-state index in [4.69, 9.17) is 4.74 Å². The van der Waals surface area contributed by atoms with Gasteiger partial charge in [0.1, 0.15) is 6.10 Å². The summed E-state index contributed by atoms with van der Waals surface area (Å²) in [6, 6.07) is 0. The molecule has 1 aliphatic heterocycles. The van der Waals surface area contributed by atoms with Crippen LogP contribution >= 0.6 is 0 Å². The number of hydrogen-bond acceptors (Lipinski definition) is 4. The van der Waals surface area contributed by atoms with Crippen molar-refractivity contribution in [3.8, 4) is 0 Å². The van der Waals surface area contributed by atoms with Crippen molar-refractivity contribution in [2.24, 2.45) is 34.5 Å². The molecule has 1 N–H and O–H groups in total. The second-order valence-corrected chi connectivity index (χ2v) is 9.70. The molecular formula is C21H31NO4. The Labute approximate surface area is 155 Å². The van der Waals surface area contributed by atoms with Crippen molar-refractivity contribution in [2.45, 2.75) is 78.2 Å². The molecule has 5 nitrogen and oxygen atoms in total. The fourth-order valence-electron chi connectivity index (χ4n) is 7.06. The number of esters is 1. The van der Waals surface area contributed by atoms with E-state index in [1.165, 1.54) is 6.92 Å². The third-order valence-electron chi connectivity index (χ3n) is 8.52. The Bertz CT molecular complexity index is 646. The molecule has 0 spiro atoms. The largest absolute Gasteiger partial charge is 0.463 e. The average Bonchev–Trinajstić information content (AvgIpc) is 2.56. The predicted octanol–water partition coefficient (Wildman–Crippen LogP) is 3.21. The molecule has 7 atom stereocenters. The summed E-state index contributed by atoms with van der Waals surface area (Å²) in [5.74, 6) is 1.50. The van der Waals surface area contributed by atoms with E-state index >= 15 is 0 Å². The first-order valence-electron chi connectivity index (χ1n) is 10.3. The van der Waals surface area contributed by atoms with Crippen molar-refractivity contribution in [1.82, 2.24) is 5.32 Å². The highest BCUT2D eigenvalue weighted by Crippen LogP contribution is 2.64. The van der Waals surface area contributed by atoms with Crippen LogP contribution in [0.3, 0.4) is 0 Å². The van der Waals surface area contributed by atoms with E-state index in [9.17, 15) is 14.4 Å². The molecular weight excluding hydrogens is 330 g/mol. The van der Waals surface area contributed by atoms with E-state index < -0.39 is 0 Å². The van der Waals surface area contributed by atoms with Crippen LogP contribution in [0.2, 0.25) is 0 Å². The van der Waals surface area contributed by atoms with Gasteiger partial charge in [-0.25, -0.2) is 0 Å². The Morgan fingerprint density at radius 1 is 1.08 bits per heavy atom. The summed E-state index contributed by atoms with van der Waals surface area (Å²) >= 11 is 0. The molecule has 0 bridgehead atoms. The Kier molecular flexibility index (Phi) is 4.20. The number of piperidine rings is 1. The molecule has 5 heteroatoms. The van der Waals surface area contributed by atoms with Gasteiger partial charge in [0.05, 0.1) is 5.41 Å². The highest BCUT2D eigenvalue weighted by atomic mass is 16.5. The zero-order chi connectivity index (χ0) is 18.7. The van der Waals surface area contributed by atoms with Gasteiger partial charge < -0.3 is 4.74 Å². The molecule has 0 aromatic carbocycles. The average molecular weight is 361 g/mol. The third-order valence-corrected chi connectivity index (χ3v) is 8.52. The van der Waals surface area contributed by atoms with Crippen LogP contribution in [0.4, 0.5) is 0 Å². The van der Waals surface area contributed by atoms with E-state index in [1.54, 1.807) is 0 Å². The van der Waals surface area contributed by atoms with Gasteiger partial charge in [-0.2, -0.15) is 0 Å². The quantitative estimate of drug-likeness (QED) is 0.575. The summed E-state index contributed by atoms with van der Waals surface area (Å²) in [5.41, 5.74) is -0.134. The normalized spacial score (nSPS) is 47.9. The fraction of sp³-hybridized carbons (Fsp3) is 0.857. The first-order valence-corrected chi connectivity index (χ1v) is 10.3. The van der Waals surface area contributed by atoms with Crippen LogP contribution in [0.5, 0.6) is 0 Å². The summed E-state index contributed by atoms with van der Waals surface area (Å²) < 4.78 is 5.51. The summed E-state index contributed by atoms with van der Waals surface area (Å²) in [4.78, 5) is 36.0. The van der Waals surface area contributed by atoms with Gasteiger partial charge in [0.15, 0.2) is 0 Å². The number of carbonyl (C=O) groups excluding carboxylic acids is 3. The molecule has 2 amide bonds. The zero-order valence-corrected chi connectivity index (χ0v) is 16.2. The smallest absolute Gasteiger partial charge is 0.302 e. The Morgan fingerprint density at radius 3 is 2.58 bits per heavy atom. The van der Waals surface area contributed by atoms with Crippen LogP contribution in [0.15, 0.2) is 0 Å². The number of fused-ring (bicyclic) bond motifs is 5. The summed E-state index contributed by atoms with van der Waals surface area (Å²) in [6.07, 6.45) is 7.74. The molecule has 1 saturated heterocycles. The fourth-order valence-corrected chi connectivity index (χ4v) is 7.06. The van der Waals surface area contributed by atoms with Crippen LogP contribution in [0.1, 0.15) is 72.1 Å². The van der Waals surface area contributed by atoms with E-state index in [-0.39, 0.29) is 40.6 Å². The maximum atomic E-state index is 12.6. The minimum atomic E-state index is -0.382. The molecule has 0 aromatic rings. The molecule has 0 aromatic heterocycles. The lowest BCUT2D eigenvalue weighted by Gasteiger charge is -2.61. The number of imide groups is 1. The third kappa shape index (κ3) is 2.61. The molecule has 3 aliphatic carbocycles. The standard InChI is InChI=1S/C21H31NO4/c1-12(23)26-14-6-8-20(2)13(10-14)4-5-15-16(20)7-9-21(3)17(15)11-18(24)22-19(21)25/h13-17H,4-11H2,1-3H3,(H,22,24,25)/t13-,14+,15+,16+,17+,20-,21-/m0/s1. The van der Waals surface area contributed by atoms with Gasteiger partial charge in [-0.05, 0) is 74.0 Å². The van der Waals surface area contributed by atoms with Gasteiger partial charge in [-0.15, -0.1) is 0 Å². The van der Waals surface area contributed by atoms with E-state index in [0.717, 1.165) is 44.9 Å². The second kappa shape index (κ2) is 6.07. The molecule has 4 aliphatic rings. The second-order valence-electron chi connectivity index (χ2n) is 9.70. The number of nitrogens with one attached hydrogen (secondary N) is 1. The monoisotopic (exact) mass is 361 g/mol. The number of carbonyl (C=O) groups is 3. The van der Waals surface area contributed by atoms with E-state index in [2.05, 4.69) is 19.2 Å². The minimum Gasteiger partial charge on any atom is -0.463 e. The highest BCUT2D eigenvalue weighted by Gasteiger charge is 2.60. The van der Waals surface area contributed by atoms with Gasteiger partial charge in [0, 0.05) is 13.3 Å². The summed E-state index contributed by atoms with van der Waals surface area (Å²) in [7, 11) is 0. The lowest BCUT2D eigenvalue weighted by Crippen LogP contribution is -2.61. The van der Waals surface area contributed by atoms with Crippen molar-refractivity contribution in [3.63, 3.8) is 0 Å². The van der Waals surface area contributed by atoms with Crippen molar-refractivity contribution < 1.29 is 19.1 Å². The van der Waals surface area contributed by atoms with Crippen LogP contribution in [0.25, 0.3) is 0 Å². The topological polar surface area (TPSA) is 72.5 Å². The lowest BCUT2D eigenvalue weighted by molar-refractivity contribution is -0.170. The zero-order valence-electron chi connectivity index (χ0n) is 16.2. The molecule has 3 saturated carbocycles. The maximum Gasteiger partial charge on any atom is 0.302 e.